The fourth-order valence-corrected chi connectivity index (χ4v) is 3.30. The Labute approximate surface area is 156 Å². The highest BCUT2D eigenvalue weighted by molar-refractivity contribution is 5.93. The Morgan fingerprint density at radius 2 is 1.78 bits per heavy atom. The number of hydrogen-bond acceptors (Lipinski definition) is 4. The van der Waals surface area contributed by atoms with Crippen LogP contribution in [0.4, 0.5) is 10.2 Å². The van der Waals surface area contributed by atoms with Gasteiger partial charge >= 0.3 is 0 Å². The first kappa shape index (κ1) is 17.2. The third-order valence-corrected chi connectivity index (χ3v) is 4.78. The van der Waals surface area contributed by atoms with Crippen molar-refractivity contribution in [3.63, 3.8) is 0 Å². The van der Waals surface area contributed by atoms with E-state index < -0.39 is 0 Å². The van der Waals surface area contributed by atoms with Crippen LogP contribution in [0.15, 0.2) is 54.7 Å². The average molecular weight is 365 g/mol. The lowest BCUT2D eigenvalue weighted by atomic mass is 10.1. The van der Waals surface area contributed by atoms with E-state index in [-0.39, 0.29) is 11.7 Å². The fraction of sp³-hybridized carbons (Fsp3) is 0.250. The zero-order valence-corrected chi connectivity index (χ0v) is 15.0. The van der Waals surface area contributed by atoms with E-state index in [4.69, 9.17) is 0 Å². The van der Waals surface area contributed by atoms with E-state index >= 15 is 0 Å². The summed E-state index contributed by atoms with van der Waals surface area (Å²) >= 11 is 0. The van der Waals surface area contributed by atoms with Crippen LogP contribution in [0.2, 0.25) is 0 Å². The van der Waals surface area contributed by atoms with Gasteiger partial charge in [0, 0.05) is 39.4 Å². The number of piperazine rings is 1. The summed E-state index contributed by atoms with van der Waals surface area (Å²) in [6, 6.07) is 13.8. The number of benzene rings is 1. The molecule has 138 valence electrons. The topological polar surface area (TPSA) is 54.3 Å². The van der Waals surface area contributed by atoms with Gasteiger partial charge in [-0.2, -0.15) is 5.10 Å². The number of carbonyl (C=O) groups excluding carboxylic acids is 1. The summed E-state index contributed by atoms with van der Waals surface area (Å²) in [5.41, 5.74) is 2.01. The summed E-state index contributed by atoms with van der Waals surface area (Å²) in [4.78, 5) is 21.2. The standard InChI is InChI=1S/C20H20FN5O/c1-24-18(15-5-7-16(21)8-6-15)14-17(23-24)20(27)26-12-10-25(11-13-26)19-4-2-3-9-22-19/h2-9,14H,10-13H2,1H3. The molecule has 0 aliphatic carbocycles. The van der Waals surface area contributed by atoms with Crippen LogP contribution < -0.4 is 4.90 Å². The van der Waals surface area contributed by atoms with Gasteiger partial charge in [0.25, 0.3) is 5.91 Å². The quantitative estimate of drug-likeness (QED) is 0.716. The summed E-state index contributed by atoms with van der Waals surface area (Å²) in [5.74, 6) is 0.559. The van der Waals surface area contributed by atoms with Gasteiger partial charge in [-0.3, -0.25) is 9.48 Å². The highest BCUT2D eigenvalue weighted by atomic mass is 19.1. The molecule has 27 heavy (non-hydrogen) atoms. The number of amides is 1. The minimum atomic E-state index is -0.289. The number of aryl methyl sites for hydroxylation is 1. The minimum absolute atomic E-state index is 0.0837. The van der Waals surface area contributed by atoms with Gasteiger partial charge in [0.05, 0.1) is 5.69 Å². The first-order chi connectivity index (χ1) is 13.1. The van der Waals surface area contributed by atoms with Gasteiger partial charge in [-0.1, -0.05) is 6.07 Å². The molecule has 1 aliphatic heterocycles. The largest absolute Gasteiger partial charge is 0.353 e. The molecule has 0 spiro atoms. The molecule has 0 radical (unpaired) electrons. The molecule has 2 aromatic heterocycles. The van der Waals surface area contributed by atoms with Crippen molar-refractivity contribution in [3.8, 4) is 11.3 Å². The highest BCUT2D eigenvalue weighted by Crippen LogP contribution is 2.21. The van der Waals surface area contributed by atoms with Gasteiger partial charge in [0.1, 0.15) is 11.6 Å². The molecule has 7 heteroatoms. The molecule has 3 aromatic rings. The van der Waals surface area contributed by atoms with Gasteiger partial charge < -0.3 is 9.80 Å². The summed E-state index contributed by atoms with van der Waals surface area (Å²) in [6.45, 7) is 2.72. The number of aromatic nitrogens is 3. The predicted octanol–water partition coefficient (Wildman–Crippen LogP) is 2.58. The Bertz CT molecular complexity index is 931. The summed E-state index contributed by atoms with van der Waals surface area (Å²) in [7, 11) is 1.79. The van der Waals surface area contributed by atoms with Crippen molar-refractivity contribution in [2.24, 2.45) is 7.05 Å². The second-order valence-electron chi connectivity index (χ2n) is 6.51. The average Bonchev–Trinajstić information content (AvgIpc) is 3.10. The molecule has 1 aromatic carbocycles. The summed E-state index contributed by atoms with van der Waals surface area (Å²) in [5, 5.41) is 4.37. The van der Waals surface area contributed by atoms with Crippen molar-refractivity contribution in [1.82, 2.24) is 19.7 Å². The lowest BCUT2D eigenvalue weighted by Gasteiger charge is -2.35. The number of anilines is 1. The van der Waals surface area contributed by atoms with Crippen molar-refractivity contribution in [1.29, 1.82) is 0 Å². The summed E-state index contributed by atoms with van der Waals surface area (Å²) in [6.07, 6.45) is 1.78. The molecule has 6 nitrogen and oxygen atoms in total. The van der Waals surface area contributed by atoms with E-state index in [9.17, 15) is 9.18 Å². The van der Waals surface area contributed by atoms with Gasteiger partial charge in [-0.25, -0.2) is 9.37 Å². The number of halogens is 1. The first-order valence-corrected chi connectivity index (χ1v) is 8.87. The van der Waals surface area contributed by atoms with Crippen LogP contribution in [0, 0.1) is 5.82 Å². The molecular weight excluding hydrogens is 345 g/mol. The number of pyridine rings is 1. The Morgan fingerprint density at radius 3 is 2.44 bits per heavy atom. The van der Waals surface area contributed by atoms with Gasteiger partial charge in [-0.15, -0.1) is 0 Å². The number of carbonyl (C=O) groups is 1. The Hall–Kier alpha value is -3.22. The Kier molecular flexibility index (Phi) is 4.58. The third kappa shape index (κ3) is 3.53. The van der Waals surface area contributed by atoms with Crippen LogP contribution in [-0.2, 0) is 7.05 Å². The van der Waals surface area contributed by atoms with Crippen LogP contribution in [0.1, 0.15) is 10.5 Å². The zero-order valence-electron chi connectivity index (χ0n) is 15.0. The predicted molar refractivity (Wildman–Crippen MR) is 101 cm³/mol. The monoisotopic (exact) mass is 365 g/mol. The molecule has 0 N–H and O–H groups in total. The number of nitrogens with zero attached hydrogens (tertiary/aromatic N) is 5. The zero-order chi connectivity index (χ0) is 18.8. The third-order valence-electron chi connectivity index (χ3n) is 4.78. The van der Waals surface area contributed by atoms with E-state index in [1.165, 1.54) is 12.1 Å². The van der Waals surface area contributed by atoms with Crippen LogP contribution in [0.25, 0.3) is 11.3 Å². The second kappa shape index (κ2) is 7.19. The molecule has 1 fully saturated rings. The molecule has 1 saturated heterocycles. The molecular formula is C20H20FN5O. The van der Waals surface area contributed by atoms with Crippen molar-refractivity contribution >= 4 is 11.7 Å². The van der Waals surface area contributed by atoms with Crippen LogP contribution in [-0.4, -0.2) is 51.8 Å². The van der Waals surface area contributed by atoms with Crippen LogP contribution >= 0.6 is 0 Å². The normalized spacial score (nSPS) is 14.4. The molecule has 0 atom stereocenters. The van der Waals surface area contributed by atoms with Crippen molar-refractivity contribution in [2.75, 3.05) is 31.1 Å². The Morgan fingerprint density at radius 1 is 1.04 bits per heavy atom. The first-order valence-electron chi connectivity index (χ1n) is 8.87. The molecule has 4 rings (SSSR count). The van der Waals surface area contributed by atoms with Crippen LogP contribution in [0.5, 0.6) is 0 Å². The SMILES string of the molecule is Cn1nc(C(=O)N2CCN(c3ccccn3)CC2)cc1-c1ccc(F)cc1. The Balaban J connectivity index is 1.46. The van der Waals surface area contributed by atoms with Crippen molar-refractivity contribution < 1.29 is 9.18 Å². The number of hydrogen-bond donors (Lipinski definition) is 0. The molecule has 3 heterocycles. The van der Waals surface area contributed by atoms with E-state index in [1.54, 1.807) is 36.1 Å². The molecule has 1 amide bonds. The summed E-state index contributed by atoms with van der Waals surface area (Å²) < 4.78 is 14.8. The fourth-order valence-electron chi connectivity index (χ4n) is 3.30. The molecule has 1 aliphatic rings. The van der Waals surface area contributed by atoms with Gasteiger partial charge in [-0.05, 0) is 48.0 Å². The lowest BCUT2D eigenvalue weighted by molar-refractivity contribution is 0.0740. The van der Waals surface area contributed by atoms with Crippen LogP contribution in [0.3, 0.4) is 0 Å². The second-order valence-corrected chi connectivity index (χ2v) is 6.51. The van der Waals surface area contributed by atoms with E-state index in [0.29, 0.717) is 18.8 Å². The molecule has 0 bridgehead atoms. The van der Waals surface area contributed by atoms with Crippen molar-refractivity contribution in [2.45, 2.75) is 0 Å². The van der Waals surface area contributed by atoms with E-state index in [2.05, 4.69) is 15.0 Å². The molecule has 0 saturated carbocycles. The minimum Gasteiger partial charge on any atom is -0.353 e. The maximum absolute atomic E-state index is 13.1. The molecule has 0 unspecified atom stereocenters. The van der Waals surface area contributed by atoms with E-state index in [1.807, 2.05) is 23.1 Å². The lowest BCUT2D eigenvalue weighted by Crippen LogP contribution is -2.49. The van der Waals surface area contributed by atoms with Gasteiger partial charge in [0.15, 0.2) is 5.69 Å². The van der Waals surface area contributed by atoms with Crippen molar-refractivity contribution in [3.05, 3.63) is 66.2 Å². The maximum atomic E-state index is 13.1. The van der Waals surface area contributed by atoms with E-state index in [0.717, 1.165) is 30.2 Å². The smallest absolute Gasteiger partial charge is 0.274 e. The highest BCUT2D eigenvalue weighted by Gasteiger charge is 2.25. The number of rotatable bonds is 3. The van der Waals surface area contributed by atoms with Gasteiger partial charge in [0.2, 0.25) is 0 Å². The maximum Gasteiger partial charge on any atom is 0.274 e.